The number of cyclic esters (lactones) is 1. The summed E-state index contributed by atoms with van der Waals surface area (Å²) in [5.74, 6) is -2.00. The van der Waals surface area contributed by atoms with E-state index in [-0.39, 0.29) is 25.8 Å². The fraction of sp³-hybridized carbons (Fsp3) is 0.333. The van der Waals surface area contributed by atoms with E-state index < -0.39 is 31.6 Å². The largest absolute Gasteiger partial charge is 0.466 e. The molecule has 1 aliphatic rings. The minimum atomic E-state index is -3.65. The van der Waals surface area contributed by atoms with Crippen LogP contribution in [0.1, 0.15) is 17.5 Å². The minimum Gasteiger partial charge on any atom is -0.466 e. The average molecular weight is 418 g/mol. The van der Waals surface area contributed by atoms with E-state index >= 15 is 0 Å². The van der Waals surface area contributed by atoms with Crippen LogP contribution >= 0.6 is 7.60 Å². The van der Waals surface area contributed by atoms with Gasteiger partial charge < -0.3 is 18.5 Å². The van der Waals surface area contributed by atoms with Crippen LogP contribution in [0.4, 0.5) is 0 Å². The predicted molar refractivity (Wildman–Crippen MR) is 105 cm³/mol. The Morgan fingerprint density at radius 1 is 1.00 bits per heavy atom. The van der Waals surface area contributed by atoms with Gasteiger partial charge in [-0.2, -0.15) is 0 Å². The first-order valence-electron chi connectivity index (χ1n) is 9.23. The molecule has 2 aromatic carbocycles. The van der Waals surface area contributed by atoms with Crippen LogP contribution in [0.3, 0.4) is 0 Å². The van der Waals surface area contributed by atoms with Gasteiger partial charge >= 0.3 is 19.5 Å². The maximum Gasteiger partial charge on any atom is 0.347 e. The highest BCUT2D eigenvalue weighted by atomic mass is 31.2. The highest BCUT2D eigenvalue weighted by Gasteiger charge is 2.44. The topological polar surface area (TPSA) is 88.1 Å². The molecular formula is C21H23O7P. The molecule has 0 N–H and O–H groups in total. The van der Waals surface area contributed by atoms with E-state index in [0.29, 0.717) is 0 Å². The number of benzene rings is 2. The summed E-state index contributed by atoms with van der Waals surface area (Å²) in [5, 5.41) is 0. The van der Waals surface area contributed by atoms with Crippen LogP contribution in [0, 0.1) is 5.92 Å². The van der Waals surface area contributed by atoms with Crippen molar-refractivity contribution in [1.82, 2.24) is 0 Å². The highest BCUT2D eigenvalue weighted by Crippen LogP contribution is 2.52. The molecule has 2 aromatic rings. The average Bonchev–Trinajstić information content (AvgIpc) is 3.12. The summed E-state index contributed by atoms with van der Waals surface area (Å²) < 4.78 is 34.5. The van der Waals surface area contributed by atoms with Crippen molar-refractivity contribution in [3.8, 4) is 0 Å². The lowest BCUT2D eigenvalue weighted by Crippen LogP contribution is -2.21. The third-order valence-electron chi connectivity index (χ3n) is 4.54. The molecule has 1 heterocycles. The van der Waals surface area contributed by atoms with Gasteiger partial charge in [0.05, 0.1) is 32.4 Å². The van der Waals surface area contributed by atoms with E-state index in [1.165, 1.54) is 7.11 Å². The molecule has 0 amide bonds. The lowest BCUT2D eigenvalue weighted by molar-refractivity contribution is -0.159. The van der Waals surface area contributed by atoms with Gasteiger partial charge in [0.2, 0.25) is 0 Å². The van der Waals surface area contributed by atoms with E-state index in [0.717, 1.165) is 11.1 Å². The van der Waals surface area contributed by atoms with Crippen molar-refractivity contribution < 1.29 is 32.7 Å². The second kappa shape index (κ2) is 9.83. The summed E-state index contributed by atoms with van der Waals surface area (Å²) in [6.07, 6.45) is -1.08. The summed E-state index contributed by atoms with van der Waals surface area (Å²) in [5.41, 5.74) is 1.66. The second-order valence-corrected chi connectivity index (χ2v) is 8.80. The number of hydrogen-bond donors (Lipinski definition) is 0. The maximum atomic E-state index is 13.4. The molecule has 0 radical (unpaired) electrons. The number of carbonyl (C=O) groups excluding carboxylic acids is 2. The Kier molecular flexibility index (Phi) is 7.20. The number of esters is 2. The van der Waals surface area contributed by atoms with Crippen LogP contribution in [-0.2, 0) is 45.9 Å². The van der Waals surface area contributed by atoms with Crippen LogP contribution < -0.4 is 0 Å². The number of carbonyl (C=O) groups is 2. The molecule has 0 unspecified atom stereocenters. The lowest BCUT2D eigenvalue weighted by atomic mass is 10.1. The van der Waals surface area contributed by atoms with E-state index in [4.69, 9.17) is 13.8 Å². The lowest BCUT2D eigenvalue weighted by Gasteiger charge is -2.20. The number of methoxy groups -OCH3 is 1. The third kappa shape index (κ3) is 6.00. The second-order valence-electron chi connectivity index (χ2n) is 6.69. The number of rotatable bonds is 9. The number of ether oxygens (including phenoxy) is 2. The van der Waals surface area contributed by atoms with Gasteiger partial charge in [0.15, 0.2) is 6.10 Å². The molecule has 7 nitrogen and oxygen atoms in total. The molecule has 0 aliphatic carbocycles. The van der Waals surface area contributed by atoms with Gasteiger partial charge in [-0.05, 0) is 11.1 Å². The first kappa shape index (κ1) is 21.2. The van der Waals surface area contributed by atoms with Crippen molar-refractivity contribution in [2.45, 2.75) is 25.7 Å². The zero-order valence-electron chi connectivity index (χ0n) is 16.1. The van der Waals surface area contributed by atoms with Gasteiger partial charge in [-0.3, -0.25) is 9.36 Å². The zero-order valence-corrected chi connectivity index (χ0v) is 17.0. The van der Waals surface area contributed by atoms with Gasteiger partial charge in [-0.1, -0.05) is 60.7 Å². The predicted octanol–water partition coefficient (Wildman–Crippen LogP) is 3.72. The van der Waals surface area contributed by atoms with Crippen molar-refractivity contribution in [3.63, 3.8) is 0 Å². The Morgan fingerprint density at radius 2 is 1.52 bits per heavy atom. The Balaban J connectivity index is 1.70. The molecule has 0 aromatic heterocycles. The molecule has 2 atom stereocenters. The van der Waals surface area contributed by atoms with Crippen molar-refractivity contribution in [2.24, 2.45) is 5.92 Å². The Bertz CT molecular complexity index is 822. The Hall–Kier alpha value is -2.47. The van der Waals surface area contributed by atoms with Crippen molar-refractivity contribution in [3.05, 3.63) is 71.8 Å². The highest BCUT2D eigenvalue weighted by molar-refractivity contribution is 7.53. The van der Waals surface area contributed by atoms with E-state index in [1.807, 2.05) is 60.7 Å². The van der Waals surface area contributed by atoms with Crippen molar-refractivity contribution >= 4 is 19.5 Å². The quantitative estimate of drug-likeness (QED) is 0.453. The first-order chi connectivity index (χ1) is 14.0. The SMILES string of the molecule is COC(=O)[C@@H]1C[C@@H](CP(=O)(OCc2ccccc2)OCc2ccccc2)C(=O)O1. The Labute approximate surface area is 169 Å². The van der Waals surface area contributed by atoms with E-state index in [1.54, 1.807) is 0 Å². The third-order valence-corrected chi connectivity index (χ3v) is 6.47. The molecule has 1 fully saturated rings. The molecule has 8 heteroatoms. The van der Waals surface area contributed by atoms with Crippen molar-refractivity contribution in [1.29, 1.82) is 0 Å². The van der Waals surface area contributed by atoms with Crippen LogP contribution in [-0.4, -0.2) is 31.3 Å². The number of hydrogen-bond acceptors (Lipinski definition) is 7. The molecule has 0 bridgehead atoms. The summed E-state index contributed by atoms with van der Waals surface area (Å²) in [6.45, 7) is 0.157. The van der Waals surface area contributed by atoms with Crippen LogP contribution in [0.2, 0.25) is 0 Å². The molecule has 1 saturated heterocycles. The molecule has 1 aliphatic heterocycles. The standard InChI is InChI=1S/C21H23O7P/c1-25-21(23)19-12-18(20(22)28-19)15-29(24,26-13-16-8-4-2-5-9-16)27-14-17-10-6-3-7-11-17/h2-11,18-19H,12-15H2,1H3/t18-,19-/m0/s1. The molecule has 154 valence electrons. The smallest absolute Gasteiger partial charge is 0.347 e. The summed E-state index contributed by atoms with van der Waals surface area (Å²) >= 11 is 0. The molecule has 0 saturated carbocycles. The van der Waals surface area contributed by atoms with Gasteiger partial charge in [0, 0.05) is 6.42 Å². The van der Waals surface area contributed by atoms with Crippen LogP contribution in [0.5, 0.6) is 0 Å². The molecular weight excluding hydrogens is 395 g/mol. The van der Waals surface area contributed by atoms with Gasteiger partial charge in [0.25, 0.3) is 0 Å². The molecule has 3 rings (SSSR count). The minimum absolute atomic E-state index is 0.0785. The van der Waals surface area contributed by atoms with E-state index in [2.05, 4.69) is 4.74 Å². The maximum absolute atomic E-state index is 13.4. The van der Waals surface area contributed by atoms with Crippen LogP contribution in [0.25, 0.3) is 0 Å². The first-order valence-corrected chi connectivity index (χ1v) is 11.0. The summed E-state index contributed by atoms with van der Waals surface area (Å²) in [7, 11) is -2.43. The fourth-order valence-corrected chi connectivity index (χ4v) is 4.79. The van der Waals surface area contributed by atoms with Gasteiger partial charge in [0.1, 0.15) is 0 Å². The zero-order chi connectivity index (χ0) is 20.7. The monoisotopic (exact) mass is 418 g/mol. The van der Waals surface area contributed by atoms with Gasteiger partial charge in [-0.15, -0.1) is 0 Å². The Morgan fingerprint density at radius 3 is 2.00 bits per heavy atom. The van der Waals surface area contributed by atoms with Gasteiger partial charge in [-0.25, -0.2) is 4.79 Å². The summed E-state index contributed by atoms with van der Waals surface area (Å²) in [4.78, 5) is 23.8. The normalized spacial score (nSPS) is 19.0. The fourth-order valence-electron chi connectivity index (χ4n) is 2.97. The molecule has 0 spiro atoms. The molecule has 29 heavy (non-hydrogen) atoms. The van der Waals surface area contributed by atoms with Crippen molar-refractivity contribution in [2.75, 3.05) is 13.3 Å². The van der Waals surface area contributed by atoms with Crippen LogP contribution in [0.15, 0.2) is 60.7 Å². The summed E-state index contributed by atoms with van der Waals surface area (Å²) in [6, 6.07) is 18.5. The van der Waals surface area contributed by atoms with E-state index in [9.17, 15) is 14.2 Å².